The zero-order valence-corrected chi connectivity index (χ0v) is 18.8. The van der Waals surface area contributed by atoms with Gasteiger partial charge in [0, 0.05) is 23.5 Å². The molecule has 2 aromatic carbocycles. The van der Waals surface area contributed by atoms with Gasteiger partial charge in [0.1, 0.15) is 0 Å². The maximum Gasteiger partial charge on any atom is 0.296 e. The van der Waals surface area contributed by atoms with Crippen molar-refractivity contribution in [2.45, 2.75) is 12.1 Å². The Morgan fingerprint density at radius 3 is 2.42 bits per heavy atom. The number of aryl methyl sites for hydroxylation is 1. The number of aromatic nitrogens is 6. The molecular weight excluding hydrogens is 460 g/mol. The Hall–Kier alpha value is -3.82. The second-order valence-corrected chi connectivity index (χ2v) is 8.34. The summed E-state index contributed by atoms with van der Waals surface area (Å²) in [6, 6.07) is 18.5. The van der Waals surface area contributed by atoms with Gasteiger partial charge >= 0.3 is 0 Å². The molecule has 3 aromatic heterocycles. The van der Waals surface area contributed by atoms with E-state index in [1.807, 2.05) is 49.4 Å². The van der Waals surface area contributed by atoms with Crippen LogP contribution < -0.4 is 0 Å². The lowest BCUT2D eigenvalue weighted by Crippen LogP contribution is -2.03. The van der Waals surface area contributed by atoms with Gasteiger partial charge in [-0.2, -0.15) is 0 Å². The van der Waals surface area contributed by atoms with Crippen molar-refractivity contribution >= 4 is 28.5 Å². The van der Waals surface area contributed by atoms with E-state index in [9.17, 15) is 4.79 Å². The number of hydrogen-bond acceptors (Lipinski definition) is 8. The minimum Gasteiger partial charge on any atom is -0.413 e. The van der Waals surface area contributed by atoms with Crippen LogP contribution in [0.4, 0.5) is 0 Å². The summed E-state index contributed by atoms with van der Waals surface area (Å²) in [5.74, 6) is 0.658. The first-order valence-electron chi connectivity index (χ1n) is 9.83. The highest BCUT2D eigenvalue weighted by molar-refractivity contribution is 8.14. The molecule has 0 amide bonds. The van der Waals surface area contributed by atoms with E-state index in [4.69, 9.17) is 16.0 Å². The molecular formula is C23H15ClN6O2S. The molecule has 0 fully saturated rings. The van der Waals surface area contributed by atoms with E-state index in [0.717, 1.165) is 28.5 Å². The van der Waals surface area contributed by atoms with Crippen molar-refractivity contribution < 1.29 is 9.21 Å². The third-order valence-corrected chi connectivity index (χ3v) is 5.87. The van der Waals surface area contributed by atoms with Crippen LogP contribution in [0.5, 0.6) is 0 Å². The molecule has 8 nitrogen and oxygen atoms in total. The van der Waals surface area contributed by atoms with Crippen LogP contribution in [-0.2, 0) is 0 Å². The molecule has 33 heavy (non-hydrogen) atoms. The van der Waals surface area contributed by atoms with E-state index in [2.05, 4.69) is 25.4 Å². The number of rotatable bonds is 5. The minimum atomic E-state index is -0.456. The zero-order chi connectivity index (χ0) is 22.8. The normalized spacial score (nSPS) is 11.0. The standard InChI is InChI=1S/C23H15ClN6O2S/c1-14-6-8-16(9-7-14)20-27-28-21(32-20)22(31)33-23-29-26-19(15-10-12-25-13-11-15)30(23)18-5-3-2-4-17(18)24/h2-13H,1H3. The quantitative estimate of drug-likeness (QED) is 0.317. The van der Waals surface area contributed by atoms with Gasteiger partial charge in [-0.3, -0.25) is 14.3 Å². The topological polar surface area (TPSA) is 99.6 Å². The van der Waals surface area contributed by atoms with Crippen molar-refractivity contribution in [1.82, 2.24) is 29.9 Å². The van der Waals surface area contributed by atoms with E-state index in [1.165, 1.54) is 0 Å². The van der Waals surface area contributed by atoms with Crippen LogP contribution in [0.1, 0.15) is 16.2 Å². The Morgan fingerprint density at radius 2 is 1.67 bits per heavy atom. The molecule has 0 N–H and O–H groups in total. The largest absolute Gasteiger partial charge is 0.413 e. The van der Waals surface area contributed by atoms with Crippen molar-refractivity contribution in [3.63, 3.8) is 0 Å². The fraction of sp³-hybridized carbons (Fsp3) is 0.0435. The van der Waals surface area contributed by atoms with Crippen LogP contribution in [0, 0.1) is 6.92 Å². The molecule has 0 unspecified atom stereocenters. The summed E-state index contributed by atoms with van der Waals surface area (Å²) in [7, 11) is 0. The van der Waals surface area contributed by atoms with Crippen LogP contribution in [0.2, 0.25) is 5.02 Å². The fourth-order valence-electron chi connectivity index (χ4n) is 3.12. The van der Waals surface area contributed by atoms with Gasteiger partial charge in [0.15, 0.2) is 5.82 Å². The van der Waals surface area contributed by atoms with Gasteiger partial charge in [-0.05, 0) is 55.1 Å². The van der Waals surface area contributed by atoms with Gasteiger partial charge < -0.3 is 4.42 Å². The smallest absolute Gasteiger partial charge is 0.296 e. The van der Waals surface area contributed by atoms with E-state index in [0.29, 0.717) is 21.7 Å². The summed E-state index contributed by atoms with van der Waals surface area (Å²) in [5, 5.41) is 16.8. The molecule has 0 saturated carbocycles. The SMILES string of the molecule is Cc1ccc(-c2nnc(C(=O)Sc3nnc(-c4ccncc4)n3-c3ccccc3Cl)o2)cc1. The molecule has 3 heterocycles. The third kappa shape index (κ3) is 4.28. The number of halogens is 1. The molecule has 0 radical (unpaired) electrons. The molecule has 10 heteroatoms. The van der Waals surface area contributed by atoms with Crippen molar-refractivity contribution in [3.8, 4) is 28.5 Å². The summed E-state index contributed by atoms with van der Waals surface area (Å²) in [5.41, 5.74) is 3.25. The summed E-state index contributed by atoms with van der Waals surface area (Å²) in [6.45, 7) is 1.98. The Balaban J connectivity index is 1.50. The molecule has 0 aliphatic heterocycles. The van der Waals surface area contributed by atoms with Gasteiger partial charge in [-0.25, -0.2) is 0 Å². The molecule has 5 rings (SSSR count). The average molecular weight is 475 g/mol. The number of benzene rings is 2. The highest BCUT2D eigenvalue weighted by Crippen LogP contribution is 2.32. The fourth-order valence-corrected chi connectivity index (χ4v) is 4.03. The van der Waals surface area contributed by atoms with Gasteiger partial charge in [-0.1, -0.05) is 41.4 Å². The summed E-state index contributed by atoms with van der Waals surface area (Å²) in [6.07, 6.45) is 3.31. The van der Waals surface area contributed by atoms with Crippen molar-refractivity contribution in [1.29, 1.82) is 0 Å². The first-order chi connectivity index (χ1) is 16.1. The molecule has 162 valence electrons. The molecule has 5 aromatic rings. The number of carbonyl (C=O) groups is 1. The Bertz CT molecular complexity index is 1430. The monoisotopic (exact) mass is 474 g/mol. The lowest BCUT2D eigenvalue weighted by molar-refractivity contribution is 0.105. The van der Waals surface area contributed by atoms with Gasteiger partial charge in [0.25, 0.3) is 11.0 Å². The molecule has 0 atom stereocenters. The highest BCUT2D eigenvalue weighted by Gasteiger charge is 2.24. The Labute approximate surface area is 197 Å². The van der Waals surface area contributed by atoms with E-state index in [-0.39, 0.29) is 11.8 Å². The Kier molecular flexibility index (Phi) is 5.72. The summed E-state index contributed by atoms with van der Waals surface area (Å²) < 4.78 is 7.34. The second kappa shape index (κ2) is 8.97. The molecule has 0 aliphatic rings. The van der Waals surface area contributed by atoms with Gasteiger partial charge in [0.2, 0.25) is 11.0 Å². The van der Waals surface area contributed by atoms with Crippen LogP contribution in [-0.4, -0.2) is 35.1 Å². The van der Waals surface area contributed by atoms with Crippen molar-refractivity contribution in [2.75, 3.05) is 0 Å². The van der Waals surface area contributed by atoms with E-state index < -0.39 is 5.12 Å². The predicted octanol–water partition coefficient (Wildman–Crippen LogP) is 5.27. The number of carbonyl (C=O) groups excluding carboxylic acids is 1. The van der Waals surface area contributed by atoms with E-state index >= 15 is 0 Å². The van der Waals surface area contributed by atoms with Crippen LogP contribution in [0.15, 0.2) is 82.6 Å². The lowest BCUT2D eigenvalue weighted by Gasteiger charge is -2.11. The number of hydrogen-bond donors (Lipinski definition) is 0. The second-order valence-electron chi connectivity index (χ2n) is 7.00. The number of thioether (sulfide) groups is 1. The highest BCUT2D eigenvalue weighted by atomic mass is 35.5. The first-order valence-corrected chi connectivity index (χ1v) is 11.0. The summed E-state index contributed by atoms with van der Waals surface area (Å²) in [4.78, 5) is 17.0. The number of pyridine rings is 1. The molecule has 0 aliphatic carbocycles. The van der Waals surface area contributed by atoms with Gasteiger partial charge in [0.05, 0.1) is 10.7 Å². The van der Waals surface area contributed by atoms with Crippen molar-refractivity contribution in [3.05, 3.63) is 89.5 Å². The first kappa shape index (κ1) is 21.0. The predicted molar refractivity (Wildman–Crippen MR) is 124 cm³/mol. The maximum atomic E-state index is 13.0. The van der Waals surface area contributed by atoms with Gasteiger partial charge in [-0.15, -0.1) is 20.4 Å². The molecule has 0 saturated heterocycles. The molecule has 0 bridgehead atoms. The summed E-state index contributed by atoms with van der Waals surface area (Å²) >= 11 is 7.29. The minimum absolute atomic E-state index is 0.130. The molecule has 0 spiro atoms. The average Bonchev–Trinajstić information content (AvgIpc) is 3.48. The van der Waals surface area contributed by atoms with Crippen LogP contribution in [0.25, 0.3) is 28.5 Å². The zero-order valence-electron chi connectivity index (χ0n) is 17.2. The van der Waals surface area contributed by atoms with Crippen LogP contribution in [0.3, 0.4) is 0 Å². The number of para-hydroxylation sites is 1. The Morgan fingerprint density at radius 1 is 0.909 bits per heavy atom. The lowest BCUT2D eigenvalue weighted by atomic mass is 10.1. The maximum absolute atomic E-state index is 13.0. The number of nitrogens with zero attached hydrogens (tertiary/aromatic N) is 6. The van der Waals surface area contributed by atoms with Crippen molar-refractivity contribution in [2.24, 2.45) is 0 Å². The van der Waals surface area contributed by atoms with E-state index in [1.54, 1.807) is 35.2 Å². The third-order valence-electron chi connectivity index (χ3n) is 4.75. The van der Waals surface area contributed by atoms with Crippen LogP contribution >= 0.6 is 23.4 Å².